The van der Waals surface area contributed by atoms with Crippen LogP contribution in [-0.2, 0) is 16.0 Å². The molecule has 0 aromatic heterocycles. The number of likely N-dealkylation sites (N-methyl/N-ethyl adjacent to an activating group) is 1. The largest absolute Gasteiger partial charge is 0.480 e. The summed E-state index contributed by atoms with van der Waals surface area (Å²) in [7, 11) is 1.62. The van der Waals surface area contributed by atoms with Gasteiger partial charge in [0, 0.05) is 7.05 Å². The zero-order valence-corrected chi connectivity index (χ0v) is 11.4. The Morgan fingerprint density at radius 3 is 2.90 bits per heavy atom. The molecular weight excluding hydrogens is 261 g/mol. The van der Waals surface area contributed by atoms with E-state index in [-0.39, 0.29) is 19.1 Å². The Hall–Kier alpha value is -1.62. The number of rotatable bonds is 2. The summed E-state index contributed by atoms with van der Waals surface area (Å²) in [4.78, 5) is 13.9. The molecule has 2 aliphatic heterocycles. The van der Waals surface area contributed by atoms with Crippen molar-refractivity contribution < 1.29 is 18.7 Å². The first-order valence-corrected chi connectivity index (χ1v) is 6.90. The number of para-hydroxylation sites is 1. The summed E-state index contributed by atoms with van der Waals surface area (Å²) in [6, 6.07) is 7.22. The minimum absolute atomic E-state index is 0.0661. The van der Waals surface area contributed by atoms with Crippen molar-refractivity contribution in [1.82, 2.24) is 4.90 Å². The van der Waals surface area contributed by atoms with Gasteiger partial charge >= 0.3 is 0 Å². The van der Waals surface area contributed by atoms with Gasteiger partial charge in [0.25, 0.3) is 5.91 Å². The van der Waals surface area contributed by atoms with Crippen LogP contribution in [-0.4, -0.2) is 49.4 Å². The van der Waals surface area contributed by atoms with Gasteiger partial charge in [-0.15, -0.1) is 0 Å². The van der Waals surface area contributed by atoms with Crippen molar-refractivity contribution in [1.29, 1.82) is 0 Å². The van der Waals surface area contributed by atoms with E-state index >= 15 is 0 Å². The van der Waals surface area contributed by atoms with Gasteiger partial charge in [0.05, 0.1) is 19.3 Å². The highest BCUT2D eigenvalue weighted by atomic mass is 19.1. The summed E-state index contributed by atoms with van der Waals surface area (Å²) in [5.74, 6) is 0.586. The van der Waals surface area contributed by atoms with Crippen molar-refractivity contribution >= 4 is 5.91 Å². The second-order valence-electron chi connectivity index (χ2n) is 5.32. The number of nitrogens with zero attached hydrogens (tertiary/aromatic N) is 1. The van der Waals surface area contributed by atoms with E-state index in [4.69, 9.17) is 9.47 Å². The number of halogens is 1. The average molecular weight is 279 g/mol. The average Bonchev–Trinajstić information content (AvgIpc) is 2.91. The predicted molar refractivity (Wildman–Crippen MR) is 71.5 cm³/mol. The molecule has 0 bridgehead atoms. The molecule has 1 amide bonds. The summed E-state index contributed by atoms with van der Waals surface area (Å²) >= 11 is 0. The molecule has 1 saturated heterocycles. The van der Waals surface area contributed by atoms with Crippen molar-refractivity contribution in [3.05, 3.63) is 29.8 Å². The molecule has 0 saturated carbocycles. The molecule has 0 N–H and O–H groups in total. The first kappa shape index (κ1) is 13.4. The van der Waals surface area contributed by atoms with Crippen LogP contribution in [0.3, 0.4) is 0 Å². The number of fused-ring (bicyclic) bond motifs is 1. The summed E-state index contributed by atoms with van der Waals surface area (Å²) in [5.41, 5.74) is 1.12. The SMILES string of the molecule is CN(C(=O)C1CCc2ccccc2O1)[C@@H]1COC[C@H]1F. The Labute approximate surface area is 117 Å². The van der Waals surface area contributed by atoms with Gasteiger partial charge in [-0.3, -0.25) is 4.79 Å². The van der Waals surface area contributed by atoms with Crippen molar-refractivity contribution in [2.45, 2.75) is 31.2 Å². The maximum absolute atomic E-state index is 13.6. The van der Waals surface area contributed by atoms with E-state index in [1.165, 1.54) is 4.90 Å². The van der Waals surface area contributed by atoms with E-state index in [2.05, 4.69) is 0 Å². The van der Waals surface area contributed by atoms with Crippen LogP contribution in [0.25, 0.3) is 0 Å². The standard InChI is InChI=1S/C15H18FNO3/c1-17(12-9-19-8-11(12)16)15(18)14-7-6-10-4-2-3-5-13(10)20-14/h2-5,11-12,14H,6-9H2,1H3/t11-,12-,14?/m1/s1. The molecule has 0 spiro atoms. The third kappa shape index (κ3) is 2.38. The molecule has 1 aromatic rings. The highest BCUT2D eigenvalue weighted by Gasteiger charge is 2.37. The number of ether oxygens (including phenoxy) is 2. The topological polar surface area (TPSA) is 38.8 Å². The number of carbonyl (C=O) groups is 1. The van der Waals surface area contributed by atoms with E-state index in [1.807, 2.05) is 24.3 Å². The van der Waals surface area contributed by atoms with Gasteiger partial charge in [0.2, 0.25) is 0 Å². The van der Waals surface area contributed by atoms with Crippen LogP contribution >= 0.6 is 0 Å². The predicted octanol–water partition coefficient (Wildman–Crippen LogP) is 1.58. The summed E-state index contributed by atoms with van der Waals surface area (Å²) < 4.78 is 24.5. The number of hydrogen-bond acceptors (Lipinski definition) is 3. The lowest BCUT2D eigenvalue weighted by atomic mass is 10.0. The van der Waals surface area contributed by atoms with Gasteiger partial charge in [-0.25, -0.2) is 4.39 Å². The number of aryl methyl sites for hydroxylation is 1. The Morgan fingerprint density at radius 1 is 1.35 bits per heavy atom. The van der Waals surface area contributed by atoms with Crippen LogP contribution in [0, 0.1) is 0 Å². The quantitative estimate of drug-likeness (QED) is 0.825. The second-order valence-corrected chi connectivity index (χ2v) is 5.32. The van der Waals surface area contributed by atoms with Crippen LogP contribution in [0.5, 0.6) is 5.75 Å². The molecule has 1 aromatic carbocycles. The number of hydrogen-bond donors (Lipinski definition) is 0. The molecular formula is C15H18FNO3. The first-order chi connectivity index (χ1) is 9.66. The fourth-order valence-electron chi connectivity index (χ4n) is 2.76. The Morgan fingerprint density at radius 2 is 2.15 bits per heavy atom. The summed E-state index contributed by atoms with van der Waals surface area (Å²) in [6.07, 6.45) is -0.201. The van der Waals surface area contributed by atoms with Crippen molar-refractivity contribution in [2.24, 2.45) is 0 Å². The molecule has 5 heteroatoms. The van der Waals surface area contributed by atoms with Crippen molar-refractivity contribution in [3.8, 4) is 5.75 Å². The Balaban J connectivity index is 1.69. The third-order valence-electron chi connectivity index (χ3n) is 4.02. The van der Waals surface area contributed by atoms with Crippen LogP contribution in [0.15, 0.2) is 24.3 Å². The van der Waals surface area contributed by atoms with E-state index in [9.17, 15) is 9.18 Å². The van der Waals surface area contributed by atoms with Gasteiger partial charge in [0.1, 0.15) is 11.9 Å². The lowest BCUT2D eigenvalue weighted by Gasteiger charge is -2.31. The number of amides is 1. The Bertz CT molecular complexity index is 508. The van der Waals surface area contributed by atoms with E-state index in [1.54, 1.807) is 7.05 Å². The number of carbonyl (C=O) groups excluding carboxylic acids is 1. The molecule has 3 atom stereocenters. The smallest absolute Gasteiger partial charge is 0.263 e. The minimum Gasteiger partial charge on any atom is -0.480 e. The van der Waals surface area contributed by atoms with Gasteiger partial charge < -0.3 is 14.4 Å². The molecule has 0 aliphatic carbocycles. The fraction of sp³-hybridized carbons (Fsp3) is 0.533. The van der Waals surface area contributed by atoms with Crippen molar-refractivity contribution in [3.63, 3.8) is 0 Å². The van der Waals surface area contributed by atoms with E-state index in [0.29, 0.717) is 6.42 Å². The maximum atomic E-state index is 13.6. The third-order valence-corrected chi connectivity index (χ3v) is 4.02. The summed E-state index contributed by atoms with van der Waals surface area (Å²) in [6.45, 7) is 0.323. The van der Waals surface area contributed by atoms with Gasteiger partial charge in [-0.2, -0.15) is 0 Å². The molecule has 2 heterocycles. The zero-order chi connectivity index (χ0) is 14.1. The molecule has 0 radical (unpaired) electrons. The van der Waals surface area contributed by atoms with Crippen LogP contribution in [0.1, 0.15) is 12.0 Å². The minimum atomic E-state index is -1.11. The number of alkyl halides is 1. The molecule has 2 aliphatic rings. The monoisotopic (exact) mass is 279 g/mol. The lowest BCUT2D eigenvalue weighted by Crippen LogP contribution is -2.49. The van der Waals surface area contributed by atoms with Crippen LogP contribution in [0.2, 0.25) is 0 Å². The number of benzene rings is 1. The second kappa shape index (κ2) is 5.40. The van der Waals surface area contributed by atoms with Gasteiger partial charge in [-0.1, -0.05) is 18.2 Å². The molecule has 20 heavy (non-hydrogen) atoms. The maximum Gasteiger partial charge on any atom is 0.263 e. The van der Waals surface area contributed by atoms with E-state index < -0.39 is 18.3 Å². The van der Waals surface area contributed by atoms with Crippen molar-refractivity contribution in [2.75, 3.05) is 20.3 Å². The molecule has 1 unspecified atom stereocenters. The van der Waals surface area contributed by atoms with Crippen LogP contribution < -0.4 is 4.74 Å². The van der Waals surface area contributed by atoms with Gasteiger partial charge in [0.15, 0.2) is 6.10 Å². The summed E-state index contributed by atoms with van der Waals surface area (Å²) in [5, 5.41) is 0. The molecule has 108 valence electrons. The Kier molecular flexibility index (Phi) is 3.61. The highest BCUT2D eigenvalue weighted by molar-refractivity contribution is 5.81. The van der Waals surface area contributed by atoms with Gasteiger partial charge in [-0.05, 0) is 24.5 Å². The lowest BCUT2D eigenvalue weighted by molar-refractivity contribution is -0.141. The van der Waals surface area contributed by atoms with Crippen LogP contribution in [0.4, 0.5) is 4.39 Å². The first-order valence-electron chi connectivity index (χ1n) is 6.90. The molecule has 4 nitrogen and oxygen atoms in total. The molecule has 1 fully saturated rings. The highest BCUT2D eigenvalue weighted by Crippen LogP contribution is 2.28. The normalized spacial score (nSPS) is 28.6. The molecule has 3 rings (SSSR count). The van der Waals surface area contributed by atoms with E-state index in [0.717, 1.165) is 17.7 Å². The zero-order valence-electron chi connectivity index (χ0n) is 11.4. The fourth-order valence-corrected chi connectivity index (χ4v) is 2.76.